The van der Waals surface area contributed by atoms with Gasteiger partial charge in [-0.2, -0.15) is 0 Å². The van der Waals surface area contributed by atoms with Crippen molar-refractivity contribution in [3.8, 4) is 17.1 Å². The Morgan fingerprint density at radius 1 is 1.00 bits per heavy atom. The highest BCUT2D eigenvalue weighted by Crippen LogP contribution is 2.26. The Balaban J connectivity index is 2.10. The van der Waals surface area contributed by atoms with Crippen molar-refractivity contribution in [1.82, 2.24) is 14.8 Å². The number of sulfone groups is 1. The van der Waals surface area contributed by atoms with E-state index >= 15 is 0 Å². The molecule has 0 bridgehead atoms. The van der Waals surface area contributed by atoms with E-state index in [0.717, 1.165) is 6.26 Å². The van der Waals surface area contributed by atoms with Crippen LogP contribution >= 0.6 is 11.6 Å². The molecule has 0 amide bonds. The van der Waals surface area contributed by atoms with E-state index in [-0.39, 0.29) is 16.0 Å². The van der Waals surface area contributed by atoms with Gasteiger partial charge in [0.15, 0.2) is 15.7 Å². The highest BCUT2D eigenvalue weighted by Gasteiger charge is 2.15. The maximum atomic E-state index is 13.1. The van der Waals surface area contributed by atoms with Crippen LogP contribution in [0.2, 0.25) is 5.28 Å². The molecule has 0 radical (unpaired) electrons. The molecule has 8 heteroatoms. The van der Waals surface area contributed by atoms with Crippen molar-refractivity contribution in [3.05, 3.63) is 59.6 Å². The summed E-state index contributed by atoms with van der Waals surface area (Å²) in [7, 11) is -3.27. The molecule has 1 aromatic heterocycles. The quantitative estimate of drug-likeness (QED) is 0.727. The summed E-state index contributed by atoms with van der Waals surface area (Å²) < 4.78 is 37.7. The average Bonchev–Trinajstić information content (AvgIpc) is 2.89. The second-order valence-corrected chi connectivity index (χ2v) is 7.25. The Hall–Kier alpha value is -2.25. The highest BCUT2D eigenvalue weighted by atomic mass is 35.5. The van der Waals surface area contributed by atoms with Gasteiger partial charge in [0.25, 0.3) is 0 Å². The molecule has 23 heavy (non-hydrogen) atoms. The van der Waals surface area contributed by atoms with Gasteiger partial charge in [-0.1, -0.05) is 0 Å². The molecule has 0 saturated carbocycles. The second kappa shape index (κ2) is 5.75. The van der Waals surface area contributed by atoms with Crippen molar-refractivity contribution >= 4 is 21.4 Å². The molecule has 0 N–H and O–H groups in total. The van der Waals surface area contributed by atoms with Gasteiger partial charge in [0, 0.05) is 11.8 Å². The van der Waals surface area contributed by atoms with Gasteiger partial charge in [0.2, 0.25) is 5.28 Å². The van der Waals surface area contributed by atoms with Crippen LogP contribution in [0.5, 0.6) is 0 Å². The van der Waals surface area contributed by atoms with Crippen LogP contribution in [0.3, 0.4) is 0 Å². The lowest BCUT2D eigenvalue weighted by atomic mass is 10.2. The van der Waals surface area contributed by atoms with E-state index in [1.54, 1.807) is 28.8 Å². The van der Waals surface area contributed by atoms with Crippen LogP contribution < -0.4 is 0 Å². The first-order valence-electron chi connectivity index (χ1n) is 6.53. The van der Waals surface area contributed by atoms with Crippen LogP contribution in [0, 0.1) is 5.82 Å². The maximum absolute atomic E-state index is 13.1. The van der Waals surface area contributed by atoms with Crippen molar-refractivity contribution in [1.29, 1.82) is 0 Å². The van der Waals surface area contributed by atoms with E-state index in [1.165, 1.54) is 24.3 Å². The summed E-state index contributed by atoms with van der Waals surface area (Å²) in [5, 5.41) is 7.97. The van der Waals surface area contributed by atoms with Gasteiger partial charge in [-0.3, -0.25) is 4.57 Å². The number of aromatic nitrogens is 3. The molecule has 1 heterocycles. The van der Waals surface area contributed by atoms with Crippen LogP contribution in [-0.2, 0) is 9.84 Å². The minimum atomic E-state index is -3.27. The summed E-state index contributed by atoms with van der Waals surface area (Å²) >= 11 is 6.07. The Labute approximate surface area is 137 Å². The van der Waals surface area contributed by atoms with Crippen LogP contribution in [0.25, 0.3) is 17.1 Å². The Kier molecular flexibility index (Phi) is 3.91. The Morgan fingerprint density at radius 2 is 1.61 bits per heavy atom. The van der Waals surface area contributed by atoms with E-state index in [2.05, 4.69) is 10.2 Å². The highest BCUT2D eigenvalue weighted by molar-refractivity contribution is 7.90. The first-order chi connectivity index (χ1) is 10.9. The van der Waals surface area contributed by atoms with Crippen LogP contribution in [-0.4, -0.2) is 29.4 Å². The molecule has 2 aromatic carbocycles. The number of nitrogens with zero attached hydrogens (tertiary/aromatic N) is 3. The summed E-state index contributed by atoms with van der Waals surface area (Å²) in [6.45, 7) is 0. The number of rotatable bonds is 3. The standard InChI is InChI=1S/C15H11ClFN3O2S/c1-23(21,22)13-8-2-10(3-9-13)14-18-19-15(16)20(14)12-6-4-11(17)5-7-12/h2-9H,1H3. The van der Waals surface area contributed by atoms with Crippen molar-refractivity contribution in [2.75, 3.05) is 6.26 Å². The number of hydrogen-bond donors (Lipinski definition) is 0. The van der Waals surface area contributed by atoms with E-state index in [1.807, 2.05) is 0 Å². The molecule has 0 aliphatic heterocycles. The average molecular weight is 352 g/mol. The summed E-state index contributed by atoms with van der Waals surface area (Å²) in [6.07, 6.45) is 1.14. The molecule has 0 unspecified atom stereocenters. The fraction of sp³-hybridized carbons (Fsp3) is 0.0667. The monoisotopic (exact) mass is 351 g/mol. The third-order valence-corrected chi connectivity index (χ3v) is 4.62. The van der Waals surface area contributed by atoms with E-state index in [0.29, 0.717) is 17.1 Å². The molecule has 0 fully saturated rings. The predicted octanol–water partition coefficient (Wildman–Crippen LogP) is 3.13. The summed E-state index contributed by atoms with van der Waals surface area (Å²) in [5.74, 6) is 0.0682. The minimum absolute atomic E-state index is 0.124. The number of hydrogen-bond acceptors (Lipinski definition) is 4. The largest absolute Gasteiger partial charge is 0.266 e. The van der Waals surface area contributed by atoms with E-state index in [4.69, 9.17) is 11.6 Å². The van der Waals surface area contributed by atoms with Gasteiger partial charge in [0.1, 0.15) is 5.82 Å². The lowest BCUT2D eigenvalue weighted by Crippen LogP contribution is -1.99. The first kappa shape index (κ1) is 15.6. The zero-order valence-electron chi connectivity index (χ0n) is 11.9. The molecule has 0 spiro atoms. The van der Waals surface area contributed by atoms with Crippen molar-refractivity contribution in [2.24, 2.45) is 0 Å². The van der Waals surface area contributed by atoms with Crippen molar-refractivity contribution in [2.45, 2.75) is 4.90 Å². The molecule has 118 valence electrons. The lowest BCUT2D eigenvalue weighted by Gasteiger charge is -2.08. The molecule has 0 aliphatic carbocycles. The fourth-order valence-electron chi connectivity index (χ4n) is 2.12. The minimum Gasteiger partial charge on any atom is -0.266 e. The van der Waals surface area contributed by atoms with Gasteiger partial charge in [0.05, 0.1) is 10.6 Å². The van der Waals surface area contributed by atoms with Gasteiger partial charge in [-0.25, -0.2) is 12.8 Å². The van der Waals surface area contributed by atoms with E-state index in [9.17, 15) is 12.8 Å². The third-order valence-electron chi connectivity index (χ3n) is 3.25. The number of benzene rings is 2. The summed E-state index contributed by atoms with van der Waals surface area (Å²) in [6, 6.07) is 11.9. The SMILES string of the molecule is CS(=O)(=O)c1ccc(-c2nnc(Cl)n2-c2ccc(F)cc2)cc1. The van der Waals surface area contributed by atoms with Gasteiger partial charge in [-0.05, 0) is 60.1 Å². The van der Waals surface area contributed by atoms with Crippen LogP contribution in [0.1, 0.15) is 0 Å². The fourth-order valence-corrected chi connectivity index (χ4v) is 2.97. The van der Waals surface area contributed by atoms with Crippen LogP contribution in [0.4, 0.5) is 4.39 Å². The summed E-state index contributed by atoms with van der Waals surface area (Å²) in [5.41, 5.74) is 1.24. The van der Waals surface area contributed by atoms with Crippen molar-refractivity contribution in [3.63, 3.8) is 0 Å². The Bertz CT molecular complexity index is 951. The Morgan fingerprint density at radius 3 is 2.17 bits per heavy atom. The second-order valence-electron chi connectivity index (χ2n) is 4.90. The normalized spacial score (nSPS) is 11.6. The van der Waals surface area contributed by atoms with Crippen LogP contribution in [0.15, 0.2) is 53.4 Å². The molecule has 3 rings (SSSR count). The third kappa shape index (κ3) is 3.11. The molecule has 0 atom stereocenters. The van der Waals surface area contributed by atoms with Gasteiger partial charge >= 0.3 is 0 Å². The molecule has 0 saturated heterocycles. The molecule has 5 nitrogen and oxygen atoms in total. The lowest BCUT2D eigenvalue weighted by molar-refractivity contribution is 0.602. The molecule has 0 aliphatic rings. The maximum Gasteiger partial charge on any atom is 0.229 e. The topological polar surface area (TPSA) is 64.8 Å². The zero-order valence-corrected chi connectivity index (χ0v) is 13.5. The van der Waals surface area contributed by atoms with Gasteiger partial charge < -0.3 is 0 Å². The number of halogens is 2. The first-order valence-corrected chi connectivity index (χ1v) is 8.80. The molecular weight excluding hydrogens is 341 g/mol. The van der Waals surface area contributed by atoms with Gasteiger partial charge in [-0.15, -0.1) is 10.2 Å². The van der Waals surface area contributed by atoms with Crippen molar-refractivity contribution < 1.29 is 12.8 Å². The predicted molar refractivity (Wildman–Crippen MR) is 84.9 cm³/mol. The zero-order chi connectivity index (χ0) is 16.6. The smallest absolute Gasteiger partial charge is 0.229 e. The molecular formula is C15H11ClFN3O2S. The summed E-state index contributed by atoms with van der Waals surface area (Å²) in [4.78, 5) is 0.209. The van der Waals surface area contributed by atoms with E-state index < -0.39 is 9.84 Å². The molecule has 3 aromatic rings.